The fraction of sp³-hybridized carbons (Fsp3) is 0.133. The summed E-state index contributed by atoms with van der Waals surface area (Å²) in [5.74, 6) is 0.417. The lowest BCUT2D eigenvalue weighted by molar-refractivity contribution is 0.0963. The van der Waals surface area contributed by atoms with E-state index in [1.165, 1.54) is 0 Å². The molecule has 21 heavy (non-hydrogen) atoms. The molecule has 4 N–H and O–H groups in total. The van der Waals surface area contributed by atoms with E-state index in [4.69, 9.17) is 22.1 Å². The van der Waals surface area contributed by atoms with E-state index in [1.54, 1.807) is 44.5 Å². The van der Waals surface area contributed by atoms with Crippen LogP contribution in [0, 0.1) is 0 Å². The summed E-state index contributed by atoms with van der Waals surface area (Å²) in [4.78, 5) is 11.6. The predicted molar refractivity (Wildman–Crippen MR) is 85.5 cm³/mol. The van der Waals surface area contributed by atoms with Crippen LogP contribution < -0.4 is 21.1 Å². The van der Waals surface area contributed by atoms with Crippen molar-refractivity contribution in [2.75, 3.05) is 25.2 Å². The van der Waals surface area contributed by atoms with Crippen molar-refractivity contribution in [3.05, 3.63) is 47.0 Å². The second-order valence-electron chi connectivity index (χ2n) is 4.36. The van der Waals surface area contributed by atoms with Gasteiger partial charge in [-0.25, -0.2) is 0 Å². The Morgan fingerprint density at radius 1 is 1.24 bits per heavy atom. The van der Waals surface area contributed by atoms with Crippen LogP contribution in [0.3, 0.4) is 0 Å². The summed E-state index contributed by atoms with van der Waals surface area (Å²) in [6, 6.07) is 10.3. The Hall–Kier alpha value is -2.40. The minimum absolute atomic E-state index is 0.175. The van der Waals surface area contributed by atoms with Crippen LogP contribution in [0.15, 0.2) is 36.4 Å². The van der Waals surface area contributed by atoms with E-state index in [1.807, 2.05) is 6.07 Å². The van der Waals surface area contributed by atoms with Crippen LogP contribution in [-0.4, -0.2) is 20.1 Å². The molecule has 0 saturated heterocycles. The highest BCUT2D eigenvalue weighted by Gasteiger charge is 2.08. The fourth-order valence-corrected chi connectivity index (χ4v) is 2.11. The highest BCUT2D eigenvalue weighted by molar-refractivity contribution is 6.32. The summed E-state index contributed by atoms with van der Waals surface area (Å²) < 4.78 is 5.10. The molecule has 0 aromatic heterocycles. The largest absolute Gasteiger partial charge is 0.495 e. The van der Waals surface area contributed by atoms with Crippen LogP contribution in [0.4, 0.5) is 17.1 Å². The number of hydrogen-bond acceptors (Lipinski definition) is 4. The number of anilines is 3. The Morgan fingerprint density at radius 3 is 2.62 bits per heavy atom. The zero-order valence-electron chi connectivity index (χ0n) is 11.7. The first-order chi connectivity index (χ1) is 10.0. The number of nitrogens with two attached hydrogens (primary N) is 1. The molecule has 110 valence electrons. The van der Waals surface area contributed by atoms with E-state index in [2.05, 4.69) is 10.6 Å². The number of carbonyl (C=O) groups excluding carboxylic acids is 1. The summed E-state index contributed by atoms with van der Waals surface area (Å²) in [6.45, 7) is 0. The molecule has 0 aliphatic carbocycles. The predicted octanol–water partition coefficient (Wildman–Crippen LogP) is 3.03. The van der Waals surface area contributed by atoms with Crippen molar-refractivity contribution in [1.29, 1.82) is 0 Å². The number of ether oxygens (including phenoxy) is 1. The van der Waals surface area contributed by atoms with Crippen LogP contribution in [0.2, 0.25) is 5.02 Å². The zero-order chi connectivity index (χ0) is 15.4. The molecule has 0 aliphatic heterocycles. The highest BCUT2D eigenvalue weighted by Crippen LogP contribution is 2.30. The standard InChI is InChI=1S/C15H16ClN3O2/c1-18-15(20)9-3-5-12(17)13(7-9)19-10-4-6-14(21-2)11(16)8-10/h3-8,19H,17H2,1-2H3,(H,18,20). The third kappa shape index (κ3) is 3.38. The van der Waals surface area contributed by atoms with Crippen molar-refractivity contribution < 1.29 is 9.53 Å². The van der Waals surface area contributed by atoms with Crippen molar-refractivity contribution >= 4 is 34.6 Å². The van der Waals surface area contributed by atoms with Crippen molar-refractivity contribution in [3.8, 4) is 5.75 Å². The molecule has 2 aromatic rings. The quantitative estimate of drug-likeness (QED) is 0.759. The van der Waals surface area contributed by atoms with Gasteiger partial charge in [0.1, 0.15) is 5.75 Å². The van der Waals surface area contributed by atoms with Gasteiger partial charge in [0.05, 0.1) is 23.5 Å². The first kappa shape index (κ1) is 15.0. The van der Waals surface area contributed by atoms with Gasteiger partial charge >= 0.3 is 0 Å². The summed E-state index contributed by atoms with van der Waals surface area (Å²) >= 11 is 6.08. The number of rotatable bonds is 4. The van der Waals surface area contributed by atoms with Gasteiger partial charge in [0.2, 0.25) is 0 Å². The van der Waals surface area contributed by atoms with Gasteiger partial charge in [-0.05, 0) is 36.4 Å². The van der Waals surface area contributed by atoms with Crippen molar-refractivity contribution in [1.82, 2.24) is 5.32 Å². The van der Waals surface area contributed by atoms with Gasteiger partial charge in [0.15, 0.2) is 0 Å². The summed E-state index contributed by atoms with van der Waals surface area (Å²) in [5.41, 5.74) is 8.37. The zero-order valence-corrected chi connectivity index (χ0v) is 12.5. The Labute approximate surface area is 128 Å². The van der Waals surface area contributed by atoms with Gasteiger partial charge < -0.3 is 21.1 Å². The van der Waals surface area contributed by atoms with E-state index in [0.717, 1.165) is 5.69 Å². The maximum Gasteiger partial charge on any atom is 0.251 e. The number of carbonyl (C=O) groups is 1. The number of halogens is 1. The lowest BCUT2D eigenvalue weighted by Crippen LogP contribution is -2.17. The first-order valence-corrected chi connectivity index (χ1v) is 6.65. The highest BCUT2D eigenvalue weighted by atomic mass is 35.5. The minimum atomic E-state index is -0.175. The van der Waals surface area contributed by atoms with Gasteiger partial charge in [0.25, 0.3) is 5.91 Å². The van der Waals surface area contributed by atoms with E-state index in [0.29, 0.717) is 27.7 Å². The topological polar surface area (TPSA) is 76.4 Å². The molecule has 0 aliphatic rings. The number of nitrogen functional groups attached to an aromatic ring is 1. The first-order valence-electron chi connectivity index (χ1n) is 6.27. The summed E-state index contributed by atoms with van der Waals surface area (Å²) in [5, 5.41) is 6.20. The molecular formula is C15H16ClN3O2. The maximum absolute atomic E-state index is 11.6. The molecule has 6 heteroatoms. The Morgan fingerprint density at radius 2 is 2.00 bits per heavy atom. The van der Waals surface area contributed by atoms with Crippen LogP contribution in [0.5, 0.6) is 5.75 Å². The Balaban J connectivity index is 2.30. The number of hydrogen-bond donors (Lipinski definition) is 3. The van der Waals surface area contributed by atoms with Gasteiger partial charge in [-0.1, -0.05) is 11.6 Å². The van der Waals surface area contributed by atoms with Crippen molar-refractivity contribution in [2.45, 2.75) is 0 Å². The Bertz CT molecular complexity index is 674. The number of methoxy groups -OCH3 is 1. The molecule has 2 aromatic carbocycles. The van der Waals surface area contributed by atoms with Crippen LogP contribution in [0.25, 0.3) is 0 Å². The smallest absolute Gasteiger partial charge is 0.251 e. The summed E-state index contributed by atoms with van der Waals surface area (Å²) in [6.07, 6.45) is 0. The molecule has 5 nitrogen and oxygen atoms in total. The lowest BCUT2D eigenvalue weighted by Gasteiger charge is -2.12. The molecule has 1 amide bonds. The number of benzene rings is 2. The Kier molecular flexibility index (Phi) is 4.55. The van der Waals surface area contributed by atoms with Gasteiger partial charge in [-0.15, -0.1) is 0 Å². The SMILES string of the molecule is CNC(=O)c1ccc(N)c(Nc2ccc(OC)c(Cl)c2)c1. The lowest BCUT2D eigenvalue weighted by atomic mass is 10.1. The molecule has 0 bridgehead atoms. The summed E-state index contributed by atoms with van der Waals surface area (Å²) in [7, 11) is 3.13. The van der Waals surface area contributed by atoms with Crippen LogP contribution in [-0.2, 0) is 0 Å². The third-order valence-electron chi connectivity index (χ3n) is 2.97. The van der Waals surface area contributed by atoms with E-state index in [9.17, 15) is 4.79 Å². The number of nitrogens with one attached hydrogen (secondary N) is 2. The molecule has 0 spiro atoms. The molecule has 0 saturated carbocycles. The van der Waals surface area contributed by atoms with Crippen molar-refractivity contribution in [2.24, 2.45) is 0 Å². The second-order valence-corrected chi connectivity index (χ2v) is 4.76. The molecule has 0 unspecified atom stereocenters. The maximum atomic E-state index is 11.6. The van der Waals surface area contributed by atoms with E-state index < -0.39 is 0 Å². The van der Waals surface area contributed by atoms with Gasteiger partial charge in [0, 0.05) is 18.3 Å². The van der Waals surface area contributed by atoms with Gasteiger partial charge in [-0.2, -0.15) is 0 Å². The molecule has 0 radical (unpaired) electrons. The minimum Gasteiger partial charge on any atom is -0.495 e. The molecule has 2 rings (SSSR count). The molecule has 0 heterocycles. The van der Waals surface area contributed by atoms with E-state index >= 15 is 0 Å². The number of amides is 1. The average molecular weight is 306 g/mol. The molecular weight excluding hydrogens is 290 g/mol. The normalized spacial score (nSPS) is 10.0. The second kappa shape index (κ2) is 6.37. The van der Waals surface area contributed by atoms with E-state index in [-0.39, 0.29) is 5.91 Å². The average Bonchev–Trinajstić information content (AvgIpc) is 2.49. The van der Waals surface area contributed by atoms with Gasteiger partial charge in [-0.3, -0.25) is 4.79 Å². The molecule has 0 atom stereocenters. The van der Waals surface area contributed by atoms with Crippen molar-refractivity contribution in [3.63, 3.8) is 0 Å². The van der Waals surface area contributed by atoms with Crippen LogP contribution in [0.1, 0.15) is 10.4 Å². The third-order valence-corrected chi connectivity index (χ3v) is 3.27. The monoisotopic (exact) mass is 305 g/mol. The fourth-order valence-electron chi connectivity index (χ4n) is 1.85. The molecule has 0 fully saturated rings. The van der Waals surface area contributed by atoms with Crippen LogP contribution >= 0.6 is 11.6 Å².